The van der Waals surface area contributed by atoms with E-state index < -0.39 is 23.5 Å². The van der Waals surface area contributed by atoms with Crippen LogP contribution in [0.5, 0.6) is 11.5 Å². The van der Waals surface area contributed by atoms with Gasteiger partial charge in [-0.15, -0.1) is 0 Å². The first-order chi connectivity index (χ1) is 16.7. The second-order valence-electron chi connectivity index (χ2n) is 8.57. The molecule has 6 nitrogen and oxygen atoms in total. The molecular formula is C28H26FNO5. The Morgan fingerprint density at radius 2 is 1.66 bits per heavy atom. The van der Waals surface area contributed by atoms with Gasteiger partial charge < -0.3 is 14.6 Å². The summed E-state index contributed by atoms with van der Waals surface area (Å²) in [6.45, 7) is 5.66. The third-order valence-corrected chi connectivity index (χ3v) is 5.79. The van der Waals surface area contributed by atoms with Crippen LogP contribution in [0.4, 0.5) is 10.1 Å². The van der Waals surface area contributed by atoms with Crippen molar-refractivity contribution in [2.45, 2.75) is 32.9 Å². The van der Waals surface area contributed by atoms with E-state index in [1.807, 2.05) is 20.8 Å². The van der Waals surface area contributed by atoms with Gasteiger partial charge in [0.15, 0.2) is 0 Å². The molecule has 1 unspecified atom stereocenters. The zero-order valence-corrected chi connectivity index (χ0v) is 19.9. The number of carbonyl (C=O) groups is 2. The van der Waals surface area contributed by atoms with Crippen LogP contribution in [0, 0.1) is 12.7 Å². The lowest BCUT2D eigenvalue weighted by atomic mass is 9.94. The molecule has 0 aliphatic carbocycles. The van der Waals surface area contributed by atoms with Crippen LogP contribution in [0.1, 0.15) is 36.6 Å². The number of amides is 1. The van der Waals surface area contributed by atoms with Crippen LogP contribution in [-0.4, -0.2) is 30.0 Å². The number of carbonyl (C=O) groups excluding carboxylic acids is 2. The highest BCUT2D eigenvalue weighted by molar-refractivity contribution is 6.51. The lowest BCUT2D eigenvalue weighted by molar-refractivity contribution is -0.132. The van der Waals surface area contributed by atoms with E-state index >= 15 is 0 Å². The van der Waals surface area contributed by atoms with E-state index in [-0.39, 0.29) is 17.4 Å². The van der Waals surface area contributed by atoms with Gasteiger partial charge in [-0.25, -0.2) is 4.39 Å². The van der Waals surface area contributed by atoms with Gasteiger partial charge in [0, 0.05) is 11.3 Å². The number of methoxy groups -OCH3 is 1. The Bertz CT molecular complexity index is 1300. The largest absolute Gasteiger partial charge is 0.507 e. The van der Waals surface area contributed by atoms with Crippen LogP contribution >= 0.6 is 0 Å². The van der Waals surface area contributed by atoms with Crippen molar-refractivity contribution in [3.05, 3.63) is 94.8 Å². The highest BCUT2D eigenvalue weighted by Crippen LogP contribution is 2.42. The Kier molecular flexibility index (Phi) is 6.60. The molecule has 1 saturated heterocycles. The molecular weight excluding hydrogens is 449 g/mol. The standard InChI is InChI=1S/C28H26FNO5/c1-16(2)35-23-14-7-19(15-17(23)3)26(31)24-25(18-5-8-20(29)9-6-18)30(28(33)27(24)32)21-10-12-22(34-4)13-11-21/h5-16,25,31H,1-4H3/b26-24-. The van der Waals surface area contributed by atoms with Gasteiger partial charge in [-0.05, 0) is 86.5 Å². The summed E-state index contributed by atoms with van der Waals surface area (Å²) >= 11 is 0. The fraction of sp³-hybridized carbons (Fsp3) is 0.214. The van der Waals surface area contributed by atoms with Crippen molar-refractivity contribution in [2.24, 2.45) is 0 Å². The Balaban J connectivity index is 1.87. The minimum absolute atomic E-state index is 0.0264. The van der Waals surface area contributed by atoms with Crippen LogP contribution in [-0.2, 0) is 9.59 Å². The summed E-state index contributed by atoms with van der Waals surface area (Å²) in [5, 5.41) is 11.3. The van der Waals surface area contributed by atoms with E-state index in [2.05, 4.69) is 0 Å². The summed E-state index contributed by atoms with van der Waals surface area (Å²) in [6, 6.07) is 16.3. The number of anilines is 1. The van der Waals surface area contributed by atoms with Crippen LogP contribution in [0.3, 0.4) is 0 Å². The van der Waals surface area contributed by atoms with E-state index in [1.54, 1.807) is 42.5 Å². The molecule has 7 heteroatoms. The average Bonchev–Trinajstić information content (AvgIpc) is 3.10. The second kappa shape index (κ2) is 9.62. The number of ether oxygens (including phenoxy) is 2. The van der Waals surface area contributed by atoms with E-state index in [0.29, 0.717) is 28.3 Å². The highest BCUT2D eigenvalue weighted by atomic mass is 19.1. The van der Waals surface area contributed by atoms with E-state index in [9.17, 15) is 19.1 Å². The summed E-state index contributed by atoms with van der Waals surface area (Å²) in [6.07, 6.45) is -0.0264. The molecule has 0 saturated carbocycles. The van der Waals surface area contributed by atoms with Crippen molar-refractivity contribution < 1.29 is 28.6 Å². The first-order valence-corrected chi connectivity index (χ1v) is 11.2. The zero-order chi connectivity index (χ0) is 25.3. The van der Waals surface area contributed by atoms with Crippen molar-refractivity contribution in [2.75, 3.05) is 12.0 Å². The molecule has 0 radical (unpaired) electrons. The normalized spacial score (nSPS) is 17.2. The number of rotatable bonds is 6. The first-order valence-electron chi connectivity index (χ1n) is 11.2. The number of halogens is 1. The highest BCUT2D eigenvalue weighted by Gasteiger charge is 2.47. The third-order valence-electron chi connectivity index (χ3n) is 5.79. The zero-order valence-electron chi connectivity index (χ0n) is 19.9. The quantitative estimate of drug-likeness (QED) is 0.287. The maximum Gasteiger partial charge on any atom is 0.300 e. The molecule has 1 atom stereocenters. The summed E-state index contributed by atoms with van der Waals surface area (Å²) in [7, 11) is 1.53. The smallest absolute Gasteiger partial charge is 0.300 e. The molecule has 1 heterocycles. The van der Waals surface area contributed by atoms with Crippen LogP contribution in [0.15, 0.2) is 72.3 Å². The van der Waals surface area contributed by atoms with Crippen molar-refractivity contribution >= 4 is 23.1 Å². The molecule has 3 aromatic carbocycles. The Morgan fingerprint density at radius 1 is 1.00 bits per heavy atom. The summed E-state index contributed by atoms with van der Waals surface area (Å²) in [5.74, 6) is -1.14. The molecule has 180 valence electrons. The topological polar surface area (TPSA) is 76.1 Å². The van der Waals surface area contributed by atoms with Crippen LogP contribution < -0.4 is 14.4 Å². The number of hydrogen-bond acceptors (Lipinski definition) is 5. The lowest BCUT2D eigenvalue weighted by Gasteiger charge is -2.25. The van der Waals surface area contributed by atoms with Gasteiger partial charge in [0.05, 0.1) is 24.8 Å². The van der Waals surface area contributed by atoms with Crippen molar-refractivity contribution in [3.63, 3.8) is 0 Å². The number of Topliss-reactive ketones (excluding diaryl/α,β-unsaturated/α-hetero) is 1. The Morgan fingerprint density at radius 3 is 2.23 bits per heavy atom. The second-order valence-corrected chi connectivity index (χ2v) is 8.57. The molecule has 1 fully saturated rings. The number of aryl methyl sites for hydroxylation is 1. The molecule has 1 amide bonds. The number of aliphatic hydroxyl groups excluding tert-OH is 1. The van der Waals surface area contributed by atoms with Gasteiger partial charge in [0.25, 0.3) is 11.7 Å². The maximum atomic E-state index is 13.7. The third kappa shape index (κ3) is 4.62. The van der Waals surface area contributed by atoms with Gasteiger partial charge in [-0.3, -0.25) is 14.5 Å². The molecule has 1 N–H and O–H groups in total. The maximum absolute atomic E-state index is 13.7. The number of nitrogens with zero attached hydrogens (tertiary/aromatic N) is 1. The molecule has 0 bridgehead atoms. The Hall–Kier alpha value is -4.13. The SMILES string of the molecule is COc1ccc(N2C(=O)C(=O)/C(=C(\O)c3ccc(OC(C)C)c(C)c3)C2c2ccc(F)cc2)cc1. The van der Waals surface area contributed by atoms with Gasteiger partial charge >= 0.3 is 0 Å². The monoisotopic (exact) mass is 475 g/mol. The number of aliphatic hydroxyl groups is 1. The molecule has 4 rings (SSSR count). The summed E-state index contributed by atoms with van der Waals surface area (Å²) in [5.41, 5.74) is 2.00. The summed E-state index contributed by atoms with van der Waals surface area (Å²) in [4.78, 5) is 27.8. The minimum atomic E-state index is -0.948. The minimum Gasteiger partial charge on any atom is -0.507 e. The van der Waals surface area contributed by atoms with Gasteiger partial charge in [0.1, 0.15) is 23.1 Å². The molecule has 0 spiro atoms. The summed E-state index contributed by atoms with van der Waals surface area (Å²) < 4.78 is 24.6. The predicted octanol–water partition coefficient (Wildman–Crippen LogP) is 5.56. The Labute approximate surface area is 203 Å². The molecule has 3 aromatic rings. The molecule has 35 heavy (non-hydrogen) atoms. The van der Waals surface area contributed by atoms with Gasteiger partial charge in [-0.1, -0.05) is 12.1 Å². The average molecular weight is 476 g/mol. The van der Waals surface area contributed by atoms with Gasteiger partial charge in [0.2, 0.25) is 0 Å². The molecule has 1 aliphatic heterocycles. The number of ketones is 1. The molecule has 1 aliphatic rings. The van der Waals surface area contributed by atoms with Crippen molar-refractivity contribution in [1.29, 1.82) is 0 Å². The fourth-order valence-corrected chi connectivity index (χ4v) is 4.14. The number of benzene rings is 3. The number of hydrogen-bond donors (Lipinski definition) is 1. The molecule has 0 aromatic heterocycles. The van der Waals surface area contributed by atoms with E-state index in [0.717, 1.165) is 5.56 Å². The predicted molar refractivity (Wildman–Crippen MR) is 131 cm³/mol. The van der Waals surface area contributed by atoms with Crippen molar-refractivity contribution in [3.8, 4) is 11.5 Å². The lowest BCUT2D eigenvalue weighted by Crippen LogP contribution is -2.29. The fourth-order valence-electron chi connectivity index (χ4n) is 4.14. The first kappa shape index (κ1) is 24.0. The van der Waals surface area contributed by atoms with Crippen molar-refractivity contribution in [1.82, 2.24) is 0 Å². The van der Waals surface area contributed by atoms with Gasteiger partial charge in [-0.2, -0.15) is 0 Å². The van der Waals surface area contributed by atoms with E-state index in [1.165, 1.54) is 36.3 Å². The van der Waals surface area contributed by atoms with E-state index in [4.69, 9.17) is 9.47 Å². The van der Waals surface area contributed by atoms with Crippen LogP contribution in [0.2, 0.25) is 0 Å². The van der Waals surface area contributed by atoms with Crippen LogP contribution in [0.25, 0.3) is 5.76 Å².